The Morgan fingerprint density at radius 2 is 2.14 bits per heavy atom. The van der Waals surface area contributed by atoms with Crippen LogP contribution in [0.2, 0.25) is 0 Å². The van der Waals surface area contributed by atoms with Gasteiger partial charge in [0.25, 0.3) is 5.91 Å². The van der Waals surface area contributed by atoms with Gasteiger partial charge in [0.15, 0.2) is 0 Å². The molecule has 1 aliphatic rings. The van der Waals surface area contributed by atoms with E-state index in [0.29, 0.717) is 10.9 Å². The average Bonchev–Trinajstić information content (AvgIpc) is 3.02. The molecule has 1 unspecified atom stereocenters. The van der Waals surface area contributed by atoms with Crippen molar-refractivity contribution >= 4 is 33.9 Å². The smallest absolute Gasteiger partial charge is 0.350 e. The van der Waals surface area contributed by atoms with E-state index >= 15 is 0 Å². The molecule has 0 radical (unpaired) electrons. The molecule has 1 amide bonds. The summed E-state index contributed by atoms with van der Waals surface area (Å²) in [4.78, 5) is 26.0. The van der Waals surface area contributed by atoms with Gasteiger partial charge in [-0.25, -0.2) is 4.79 Å². The maximum atomic E-state index is 11.9. The van der Waals surface area contributed by atoms with Crippen molar-refractivity contribution in [2.45, 2.75) is 26.7 Å². The van der Waals surface area contributed by atoms with Crippen molar-refractivity contribution in [1.29, 1.82) is 0 Å². The Bertz CT molecular complexity index is 556. The van der Waals surface area contributed by atoms with Crippen LogP contribution in [-0.4, -0.2) is 31.6 Å². The van der Waals surface area contributed by atoms with Gasteiger partial charge in [0.1, 0.15) is 9.88 Å². The number of nitrogen functional groups attached to an aromatic ring is 1. The number of amides is 1. The normalized spacial score (nSPS) is 18.0. The first-order chi connectivity index (χ1) is 9.99. The number of nitrogens with zero attached hydrogens (tertiary/aromatic N) is 1. The molecule has 0 aliphatic carbocycles. The van der Waals surface area contributed by atoms with Crippen LogP contribution in [-0.2, 0) is 4.74 Å². The van der Waals surface area contributed by atoms with Crippen LogP contribution in [0.3, 0.4) is 0 Å². The number of ether oxygens (including phenoxy) is 1. The molecular formula is C14H21N3O3S. The fraction of sp³-hybridized carbons (Fsp3) is 0.571. The van der Waals surface area contributed by atoms with Gasteiger partial charge in [-0.15, -0.1) is 11.3 Å². The van der Waals surface area contributed by atoms with Gasteiger partial charge in [-0.2, -0.15) is 0 Å². The number of rotatable bonds is 5. The number of carbonyl (C=O) groups excluding carboxylic acids is 2. The lowest BCUT2D eigenvalue weighted by atomic mass is 10.1. The van der Waals surface area contributed by atoms with Gasteiger partial charge >= 0.3 is 5.97 Å². The Morgan fingerprint density at radius 3 is 2.67 bits per heavy atom. The Labute approximate surface area is 128 Å². The van der Waals surface area contributed by atoms with Crippen molar-refractivity contribution in [2.24, 2.45) is 11.7 Å². The third-order valence-corrected chi connectivity index (χ3v) is 5.03. The summed E-state index contributed by atoms with van der Waals surface area (Å²) in [5.41, 5.74) is 11.8. The Morgan fingerprint density at radius 1 is 1.43 bits per heavy atom. The number of carbonyl (C=O) groups is 2. The number of anilines is 2. The highest BCUT2D eigenvalue weighted by molar-refractivity contribution is 7.19. The molecule has 0 bridgehead atoms. The van der Waals surface area contributed by atoms with Crippen LogP contribution in [0.1, 0.15) is 46.7 Å². The topological polar surface area (TPSA) is 98.6 Å². The summed E-state index contributed by atoms with van der Waals surface area (Å²) in [6, 6.07) is 0. The molecule has 7 heteroatoms. The van der Waals surface area contributed by atoms with Gasteiger partial charge in [0.05, 0.1) is 17.9 Å². The Hall–Kier alpha value is -1.76. The minimum atomic E-state index is -0.603. The molecule has 116 valence electrons. The van der Waals surface area contributed by atoms with Gasteiger partial charge < -0.3 is 21.1 Å². The van der Waals surface area contributed by atoms with E-state index in [4.69, 9.17) is 16.2 Å². The summed E-state index contributed by atoms with van der Waals surface area (Å²) in [5.74, 6) is -0.505. The summed E-state index contributed by atoms with van der Waals surface area (Å²) >= 11 is 1.20. The van der Waals surface area contributed by atoms with Gasteiger partial charge in [-0.1, -0.05) is 13.3 Å². The fourth-order valence-corrected chi connectivity index (χ4v) is 3.75. The number of hydrogen-bond donors (Lipinski definition) is 2. The van der Waals surface area contributed by atoms with Gasteiger partial charge in [-0.3, -0.25) is 4.79 Å². The molecule has 6 nitrogen and oxygen atoms in total. The second-order valence-corrected chi connectivity index (χ2v) is 6.12. The standard InChI is InChI=1S/C14H21N3O3S/c1-3-8-5-6-17(7-8)13-9(12(16)18)10(15)11(21-13)14(19)20-4-2/h8H,3-7,15H2,1-2H3,(H2,16,18). The van der Waals surface area contributed by atoms with Crippen LogP contribution in [0, 0.1) is 5.92 Å². The highest BCUT2D eigenvalue weighted by Crippen LogP contribution is 2.40. The van der Waals surface area contributed by atoms with E-state index in [-0.39, 0.29) is 22.7 Å². The van der Waals surface area contributed by atoms with Crippen LogP contribution in [0.15, 0.2) is 0 Å². The molecule has 4 N–H and O–H groups in total. The van der Waals surface area contributed by atoms with Crippen LogP contribution in [0.25, 0.3) is 0 Å². The highest BCUT2D eigenvalue weighted by atomic mass is 32.1. The predicted molar refractivity (Wildman–Crippen MR) is 83.8 cm³/mol. The lowest BCUT2D eigenvalue weighted by Gasteiger charge is -2.17. The van der Waals surface area contributed by atoms with Crippen molar-refractivity contribution in [2.75, 3.05) is 30.3 Å². The monoisotopic (exact) mass is 311 g/mol. The number of hydrogen-bond acceptors (Lipinski definition) is 6. The summed E-state index contributed by atoms with van der Waals surface area (Å²) in [7, 11) is 0. The molecule has 1 saturated heterocycles. The number of esters is 1. The van der Waals surface area contributed by atoms with Crippen molar-refractivity contribution in [1.82, 2.24) is 0 Å². The molecule has 1 aromatic heterocycles. The zero-order chi connectivity index (χ0) is 15.6. The molecule has 1 aliphatic heterocycles. The van der Waals surface area contributed by atoms with E-state index in [9.17, 15) is 9.59 Å². The van der Waals surface area contributed by atoms with Gasteiger partial charge in [0.2, 0.25) is 0 Å². The SMILES string of the molecule is CCOC(=O)c1sc(N2CCC(CC)C2)c(C(N)=O)c1N. The number of thiophene rings is 1. The molecule has 1 fully saturated rings. The van der Waals surface area contributed by atoms with Gasteiger partial charge in [-0.05, 0) is 19.3 Å². The highest BCUT2D eigenvalue weighted by Gasteiger charge is 2.31. The van der Waals surface area contributed by atoms with E-state index in [0.717, 1.165) is 25.9 Å². The molecule has 2 heterocycles. The third kappa shape index (κ3) is 2.97. The molecule has 1 aromatic rings. The molecule has 0 saturated carbocycles. The zero-order valence-electron chi connectivity index (χ0n) is 12.3. The van der Waals surface area contributed by atoms with E-state index in [1.807, 2.05) is 0 Å². The van der Waals surface area contributed by atoms with E-state index < -0.39 is 11.9 Å². The van der Waals surface area contributed by atoms with Crippen LogP contribution in [0.4, 0.5) is 10.7 Å². The molecule has 21 heavy (non-hydrogen) atoms. The van der Waals surface area contributed by atoms with Crippen molar-refractivity contribution in [3.8, 4) is 0 Å². The summed E-state index contributed by atoms with van der Waals surface area (Å²) in [6.45, 7) is 5.85. The second-order valence-electron chi connectivity index (χ2n) is 5.12. The zero-order valence-corrected chi connectivity index (χ0v) is 13.2. The van der Waals surface area contributed by atoms with Gasteiger partial charge in [0, 0.05) is 13.1 Å². The first-order valence-electron chi connectivity index (χ1n) is 7.13. The lowest BCUT2D eigenvalue weighted by molar-refractivity contribution is 0.0533. The lowest BCUT2D eigenvalue weighted by Crippen LogP contribution is -2.23. The minimum Gasteiger partial charge on any atom is -0.462 e. The van der Waals surface area contributed by atoms with Crippen LogP contribution in [0.5, 0.6) is 0 Å². The molecule has 1 atom stereocenters. The summed E-state index contributed by atoms with van der Waals surface area (Å²) in [5, 5.41) is 0.694. The first-order valence-corrected chi connectivity index (χ1v) is 7.95. The van der Waals surface area contributed by atoms with Crippen LogP contribution < -0.4 is 16.4 Å². The molecule has 0 aromatic carbocycles. The van der Waals surface area contributed by atoms with E-state index in [1.165, 1.54) is 11.3 Å². The quantitative estimate of drug-likeness (QED) is 0.808. The van der Waals surface area contributed by atoms with E-state index in [1.54, 1.807) is 6.92 Å². The summed E-state index contributed by atoms with van der Waals surface area (Å²) < 4.78 is 4.98. The maximum Gasteiger partial charge on any atom is 0.350 e. The average molecular weight is 311 g/mol. The third-order valence-electron chi connectivity index (χ3n) is 3.78. The number of nitrogens with two attached hydrogens (primary N) is 2. The molecular weight excluding hydrogens is 290 g/mol. The minimum absolute atomic E-state index is 0.140. The van der Waals surface area contributed by atoms with Crippen LogP contribution >= 0.6 is 11.3 Å². The summed E-state index contributed by atoms with van der Waals surface area (Å²) in [6.07, 6.45) is 2.16. The first kappa shape index (κ1) is 15.6. The van der Waals surface area contributed by atoms with Crippen molar-refractivity contribution < 1.29 is 14.3 Å². The number of primary amides is 1. The fourth-order valence-electron chi connectivity index (χ4n) is 2.59. The van der Waals surface area contributed by atoms with Crippen molar-refractivity contribution in [3.05, 3.63) is 10.4 Å². The van der Waals surface area contributed by atoms with Crippen molar-refractivity contribution in [3.63, 3.8) is 0 Å². The Balaban J connectivity index is 2.38. The molecule has 2 rings (SSSR count). The Kier molecular flexibility index (Phi) is 4.72. The largest absolute Gasteiger partial charge is 0.462 e. The predicted octanol–water partition coefficient (Wildman–Crippen LogP) is 1.84. The maximum absolute atomic E-state index is 11.9. The second kappa shape index (κ2) is 6.34. The molecule has 0 spiro atoms. The van der Waals surface area contributed by atoms with E-state index in [2.05, 4.69) is 11.8 Å².